The topological polar surface area (TPSA) is 53.5 Å². The molecule has 1 saturated heterocycles. The molecule has 0 aromatic rings. The second kappa shape index (κ2) is 4.31. The second-order valence-corrected chi connectivity index (χ2v) is 5.64. The third kappa shape index (κ3) is 2.31. The standard InChI is InChI=1S/C13H21N3O/c17-11-13(8-4-2-1-3-5-9-13)16-12(15-11)14-10-6-7-10/h10H,1-9H2,(H2,14,15,16,17). The van der Waals surface area contributed by atoms with Crippen molar-refractivity contribution in [1.82, 2.24) is 10.6 Å². The molecule has 1 spiro atoms. The zero-order valence-electron chi connectivity index (χ0n) is 10.3. The van der Waals surface area contributed by atoms with Gasteiger partial charge in [-0.2, -0.15) is 0 Å². The quantitative estimate of drug-likeness (QED) is 0.727. The predicted molar refractivity (Wildman–Crippen MR) is 66.8 cm³/mol. The number of amides is 1. The first-order valence-electron chi connectivity index (χ1n) is 6.96. The highest BCUT2D eigenvalue weighted by Crippen LogP contribution is 2.30. The lowest BCUT2D eigenvalue weighted by molar-refractivity contribution is -0.124. The number of carbonyl (C=O) groups is 1. The van der Waals surface area contributed by atoms with Gasteiger partial charge < -0.3 is 5.32 Å². The fraction of sp³-hybridized carbons (Fsp3) is 0.846. The molecule has 0 unspecified atom stereocenters. The molecule has 4 nitrogen and oxygen atoms in total. The van der Waals surface area contributed by atoms with Crippen molar-refractivity contribution in [2.75, 3.05) is 0 Å². The molecule has 0 aromatic carbocycles. The van der Waals surface area contributed by atoms with E-state index in [1.54, 1.807) is 0 Å². The number of hydrogen-bond donors (Lipinski definition) is 2. The molecule has 2 saturated carbocycles. The zero-order chi connectivity index (χ0) is 11.7. The molecule has 2 N–H and O–H groups in total. The monoisotopic (exact) mass is 235 g/mol. The van der Waals surface area contributed by atoms with Crippen LogP contribution in [0.5, 0.6) is 0 Å². The summed E-state index contributed by atoms with van der Waals surface area (Å²) >= 11 is 0. The van der Waals surface area contributed by atoms with Crippen molar-refractivity contribution < 1.29 is 4.79 Å². The molecule has 3 fully saturated rings. The Morgan fingerprint density at radius 2 is 1.71 bits per heavy atom. The van der Waals surface area contributed by atoms with Gasteiger partial charge in [0, 0.05) is 0 Å². The Morgan fingerprint density at radius 1 is 1.06 bits per heavy atom. The maximum atomic E-state index is 12.2. The van der Waals surface area contributed by atoms with E-state index in [1.165, 1.54) is 32.1 Å². The van der Waals surface area contributed by atoms with Gasteiger partial charge in [-0.1, -0.05) is 32.1 Å². The average Bonchev–Trinajstić information content (AvgIpc) is 3.00. The minimum Gasteiger partial charge on any atom is -0.342 e. The van der Waals surface area contributed by atoms with Gasteiger partial charge in [0.05, 0.1) is 6.04 Å². The first kappa shape index (κ1) is 11.1. The summed E-state index contributed by atoms with van der Waals surface area (Å²) in [5.41, 5.74) is -0.339. The van der Waals surface area contributed by atoms with Crippen molar-refractivity contribution >= 4 is 11.9 Å². The van der Waals surface area contributed by atoms with Gasteiger partial charge in [0.2, 0.25) is 0 Å². The first-order valence-corrected chi connectivity index (χ1v) is 6.96. The smallest absolute Gasteiger partial charge is 0.252 e. The maximum Gasteiger partial charge on any atom is 0.252 e. The molecule has 0 aromatic heterocycles. The molecule has 1 aliphatic heterocycles. The minimum absolute atomic E-state index is 0.152. The number of nitrogens with one attached hydrogen (secondary N) is 2. The van der Waals surface area contributed by atoms with Gasteiger partial charge in [0.25, 0.3) is 5.91 Å². The molecule has 3 rings (SSSR count). The van der Waals surface area contributed by atoms with E-state index in [4.69, 9.17) is 0 Å². The molecule has 0 atom stereocenters. The molecule has 0 bridgehead atoms. The lowest BCUT2D eigenvalue weighted by atomic mass is 9.84. The maximum absolute atomic E-state index is 12.2. The van der Waals surface area contributed by atoms with E-state index < -0.39 is 0 Å². The van der Waals surface area contributed by atoms with Gasteiger partial charge in [-0.3, -0.25) is 10.1 Å². The summed E-state index contributed by atoms with van der Waals surface area (Å²) in [7, 11) is 0. The second-order valence-electron chi connectivity index (χ2n) is 5.64. The van der Waals surface area contributed by atoms with Crippen molar-refractivity contribution in [3.05, 3.63) is 0 Å². The summed E-state index contributed by atoms with van der Waals surface area (Å²) < 4.78 is 0. The molecular formula is C13H21N3O. The van der Waals surface area contributed by atoms with Crippen LogP contribution in [0.2, 0.25) is 0 Å². The van der Waals surface area contributed by atoms with Crippen molar-refractivity contribution in [2.24, 2.45) is 4.99 Å². The number of aliphatic imine (C=N–C) groups is 1. The summed E-state index contributed by atoms with van der Waals surface area (Å²) in [5.74, 6) is 0.886. The summed E-state index contributed by atoms with van der Waals surface area (Å²) in [6.07, 6.45) is 10.4. The van der Waals surface area contributed by atoms with Gasteiger partial charge in [0.15, 0.2) is 5.96 Å². The van der Waals surface area contributed by atoms with Crippen LogP contribution in [-0.2, 0) is 4.79 Å². The van der Waals surface area contributed by atoms with Crippen LogP contribution in [0.15, 0.2) is 4.99 Å². The van der Waals surface area contributed by atoms with E-state index in [0.717, 1.165) is 31.6 Å². The number of rotatable bonds is 1. The van der Waals surface area contributed by atoms with E-state index in [-0.39, 0.29) is 11.4 Å². The van der Waals surface area contributed by atoms with Crippen LogP contribution in [0.3, 0.4) is 0 Å². The van der Waals surface area contributed by atoms with Crippen LogP contribution >= 0.6 is 0 Å². The van der Waals surface area contributed by atoms with Crippen LogP contribution in [0, 0.1) is 0 Å². The normalized spacial score (nSPS) is 30.8. The third-order valence-electron chi connectivity index (χ3n) is 4.09. The van der Waals surface area contributed by atoms with Crippen molar-refractivity contribution in [3.63, 3.8) is 0 Å². The van der Waals surface area contributed by atoms with Gasteiger partial charge in [-0.15, -0.1) is 0 Å². The summed E-state index contributed by atoms with van der Waals surface area (Å²) in [4.78, 5) is 16.7. The highest BCUT2D eigenvalue weighted by atomic mass is 16.2. The van der Waals surface area contributed by atoms with Crippen molar-refractivity contribution in [3.8, 4) is 0 Å². The Balaban J connectivity index is 1.73. The van der Waals surface area contributed by atoms with Gasteiger partial charge in [-0.25, -0.2) is 4.99 Å². The van der Waals surface area contributed by atoms with E-state index >= 15 is 0 Å². The average molecular weight is 235 g/mol. The minimum atomic E-state index is -0.339. The fourth-order valence-electron chi connectivity index (χ4n) is 2.85. The van der Waals surface area contributed by atoms with Gasteiger partial charge in [-0.05, 0) is 25.7 Å². The molecule has 2 aliphatic carbocycles. The Morgan fingerprint density at radius 3 is 2.35 bits per heavy atom. The highest BCUT2D eigenvalue weighted by Gasteiger charge is 2.44. The molecule has 94 valence electrons. The molecule has 0 radical (unpaired) electrons. The van der Waals surface area contributed by atoms with Gasteiger partial charge in [0.1, 0.15) is 5.54 Å². The van der Waals surface area contributed by atoms with Gasteiger partial charge >= 0.3 is 0 Å². The Labute approximate surface area is 102 Å². The molecule has 3 aliphatic rings. The van der Waals surface area contributed by atoms with Crippen molar-refractivity contribution in [1.29, 1.82) is 0 Å². The van der Waals surface area contributed by atoms with Crippen LogP contribution in [-0.4, -0.2) is 23.4 Å². The molecule has 17 heavy (non-hydrogen) atoms. The third-order valence-corrected chi connectivity index (χ3v) is 4.09. The van der Waals surface area contributed by atoms with Crippen LogP contribution in [0.4, 0.5) is 0 Å². The van der Waals surface area contributed by atoms with Crippen LogP contribution in [0.1, 0.15) is 57.8 Å². The summed E-state index contributed by atoms with van der Waals surface area (Å²) in [6.45, 7) is 0. The Kier molecular flexibility index (Phi) is 2.81. The number of guanidine groups is 1. The SMILES string of the molecule is O=C1NC(=NC2CC2)NC12CCCCCCC2. The Bertz CT molecular complexity index is 339. The fourth-order valence-corrected chi connectivity index (χ4v) is 2.85. The van der Waals surface area contributed by atoms with E-state index in [1.807, 2.05) is 0 Å². The molecule has 1 amide bonds. The summed E-state index contributed by atoms with van der Waals surface area (Å²) in [5, 5.41) is 6.32. The van der Waals surface area contributed by atoms with E-state index in [9.17, 15) is 4.79 Å². The lowest BCUT2D eigenvalue weighted by Crippen LogP contribution is -2.47. The van der Waals surface area contributed by atoms with Crippen LogP contribution < -0.4 is 10.6 Å². The zero-order valence-corrected chi connectivity index (χ0v) is 10.3. The molecule has 1 heterocycles. The first-order chi connectivity index (χ1) is 8.28. The van der Waals surface area contributed by atoms with Crippen molar-refractivity contribution in [2.45, 2.75) is 69.4 Å². The molecule has 4 heteroatoms. The Hall–Kier alpha value is -1.06. The summed E-state index contributed by atoms with van der Waals surface area (Å²) in [6, 6.07) is 0.460. The predicted octanol–water partition coefficient (Wildman–Crippen LogP) is 1.71. The number of carbonyl (C=O) groups excluding carboxylic acids is 1. The van der Waals surface area contributed by atoms with E-state index in [0.29, 0.717) is 6.04 Å². The largest absolute Gasteiger partial charge is 0.342 e. The highest BCUT2D eigenvalue weighted by molar-refractivity contribution is 6.09. The number of hydrogen-bond acceptors (Lipinski definition) is 2. The number of nitrogens with zero attached hydrogens (tertiary/aromatic N) is 1. The molecular weight excluding hydrogens is 214 g/mol. The van der Waals surface area contributed by atoms with E-state index in [2.05, 4.69) is 15.6 Å². The lowest BCUT2D eigenvalue weighted by Gasteiger charge is -2.28. The van der Waals surface area contributed by atoms with Crippen LogP contribution in [0.25, 0.3) is 0 Å².